The fourth-order valence-corrected chi connectivity index (χ4v) is 3.30. The Bertz CT molecular complexity index is 1350. The summed E-state index contributed by atoms with van der Waals surface area (Å²) >= 11 is 0. The predicted octanol–water partition coefficient (Wildman–Crippen LogP) is 3.56. The molecule has 0 atom stereocenters. The SMILES string of the molecule is CCN(C(=O)O)c1nc2c(C)cc(-c3n[nH]c(=O)c4cc(F)c(F)cc34)cc2[nH]1. The molecule has 29 heavy (non-hydrogen) atoms. The number of aromatic nitrogens is 4. The van der Waals surface area contributed by atoms with Crippen molar-refractivity contribution in [2.24, 2.45) is 0 Å². The smallest absolute Gasteiger partial charge is 0.414 e. The van der Waals surface area contributed by atoms with Crippen LogP contribution in [-0.2, 0) is 0 Å². The Labute approximate surface area is 161 Å². The lowest BCUT2D eigenvalue weighted by atomic mass is 10.0. The first kappa shape index (κ1) is 18.5. The van der Waals surface area contributed by atoms with Crippen molar-refractivity contribution in [3.8, 4) is 11.3 Å². The van der Waals surface area contributed by atoms with Gasteiger partial charge in [-0.05, 0) is 43.7 Å². The number of rotatable bonds is 3. The van der Waals surface area contributed by atoms with E-state index in [2.05, 4.69) is 20.2 Å². The molecule has 0 aliphatic rings. The third-order valence-corrected chi connectivity index (χ3v) is 4.67. The molecule has 0 aliphatic carbocycles. The number of hydrogen-bond donors (Lipinski definition) is 3. The van der Waals surface area contributed by atoms with Gasteiger partial charge < -0.3 is 10.1 Å². The molecule has 2 aromatic heterocycles. The summed E-state index contributed by atoms with van der Waals surface area (Å²) in [4.78, 5) is 31.7. The number of carboxylic acid groups (broad SMARTS) is 1. The maximum absolute atomic E-state index is 13.8. The summed E-state index contributed by atoms with van der Waals surface area (Å²) in [6, 6.07) is 5.16. The van der Waals surface area contributed by atoms with Gasteiger partial charge in [0.15, 0.2) is 11.6 Å². The van der Waals surface area contributed by atoms with Crippen LogP contribution in [0.2, 0.25) is 0 Å². The molecule has 0 radical (unpaired) electrons. The standard InChI is InChI=1S/C19H15F2N5O3/c1-3-26(19(28)29)18-22-14-5-9(4-8(2)15(14)23-18)16-10-6-12(20)13(21)7-11(10)17(27)25-24-16/h4-7H,3H2,1-2H3,(H,22,23)(H,25,27)(H,28,29). The fraction of sp³-hybridized carbons (Fsp3) is 0.158. The van der Waals surface area contributed by atoms with E-state index >= 15 is 0 Å². The first-order valence-electron chi connectivity index (χ1n) is 8.68. The molecule has 8 nitrogen and oxygen atoms in total. The van der Waals surface area contributed by atoms with Gasteiger partial charge in [0, 0.05) is 17.5 Å². The number of benzene rings is 2. The minimum absolute atomic E-state index is 0.0278. The van der Waals surface area contributed by atoms with E-state index in [1.807, 2.05) is 0 Å². The Balaban J connectivity index is 1.96. The van der Waals surface area contributed by atoms with E-state index < -0.39 is 23.3 Å². The molecule has 1 amide bonds. The Morgan fingerprint density at radius 1 is 1.17 bits per heavy atom. The van der Waals surface area contributed by atoms with Gasteiger partial charge >= 0.3 is 6.09 Å². The van der Waals surface area contributed by atoms with E-state index in [0.29, 0.717) is 22.2 Å². The highest BCUT2D eigenvalue weighted by molar-refractivity contribution is 5.97. The van der Waals surface area contributed by atoms with Crippen LogP contribution in [0.3, 0.4) is 0 Å². The number of amides is 1. The van der Waals surface area contributed by atoms with Gasteiger partial charge in [0.25, 0.3) is 5.56 Å². The summed E-state index contributed by atoms with van der Waals surface area (Å²) in [6.45, 7) is 3.67. The number of imidazole rings is 1. The maximum Gasteiger partial charge on any atom is 0.414 e. The maximum atomic E-state index is 13.8. The van der Waals surface area contributed by atoms with E-state index in [1.54, 1.807) is 26.0 Å². The molecular formula is C19H15F2N5O3. The number of aryl methyl sites for hydroxylation is 1. The van der Waals surface area contributed by atoms with Gasteiger partial charge in [-0.1, -0.05) is 0 Å². The molecule has 0 aliphatic heterocycles. The molecule has 2 aromatic carbocycles. The van der Waals surface area contributed by atoms with Crippen LogP contribution < -0.4 is 10.5 Å². The molecule has 4 rings (SSSR count). The molecule has 3 N–H and O–H groups in total. The van der Waals surface area contributed by atoms with E-state index in [-0.39, 0.29) is 29.0 Å². The van der Waals surface area contributed by atoms with Gasteiger partial charge in [0.2, 0.25) is 5.95 Å². The average Bonchev–Trinajstić information content (AvgIpc) is 3.08. The van der Waals surface area contributed by atoms with Crippen molar-refractivity contribution in [3.05, 3.63) is 51.8 Å². The lowest BCUT2D eigenvalue weighted by Crippen LogP contribution is -2.29. The average molecular weight is 399 g/mol. The number of nitrogens with zero attached hydrogens (tertiary/aromatic N) is 3. The summed E-state index contributed by atoms with van der Waals surface area (Å²) in [5.41, 5.74) is 1.96. The monoisotopic (exact) mass is 399 g/mol. The molecule has 0 saturated heterocycles. The Morgan fingerprint density at radius 2 is 1.86 bits per heavy atom. The minimum atomic E-state index is -1.14. The molecule has 4 aromatic rings. The van der Waals surface area contributed by atoms with Crippen molar-refractivity contribution in [2.75, 3.05) is 11.4 Å². The van der Waals surface area contributed by atoms with Gasteiger partial charge in [-0.15, -0.1) is 0 Å². The molecule has 0 fully saturated rings. The highest BCUT2D eigenvalue weighted by atomic mass is 19.2. The van der Waals surface area contributed by atoms with Crippen molar-refractivity contribution in [2.45, 2.75) is 13.8 Å². The zero-order valence-corrected chi connectivity index (χ0v) is 15.4. The molecule has 148 valence electrons. The third kappa shape index (κ3) is 2.98. The Kier molecular flexibility index (Phi) is 4.26. The Hall–Kier alpha value is -3.82. The quantitative estimate of drug-likeness (QED) is 0.487. The van der Waals surface area contributed by atoms with Crippen LogP contribution in [0.15, 0.2) is 29.1 Å². The zero-order valence-electron chi connectivity index (χ0n) is 15.4. The summed E-state index contributed by atoms with van der Waals surface area (Å²) in [6.07, 6.45) is -1.14. The zero-order chi connectivity index (χ0) is 20.9. The third-order valence-electron chi connectivity index (χ3n) is 4.67. The van der Waals surface area contributed by atoms with Crippen molar-refractivity contribution >= 4 is 33.8 Å². The normalized spacial score (nSPS) is 11.3. The summed E-state index contributed by atoms with van der Waals surface area (Å²) in [5, 5.41) is 15.7. The second-order valence-electron chi connectivity index (χ2n) is 6.49. The second-order valence-corrected chi connectivity index (χ2v) is 6.49. The Morgan fingerprint density at radius 3 is 2.52 bits per heavy atom. The number of hydrogen-bond acceptors (Lipinski definition) is 4. The molecular weight excluding hydrogens is 384 g/mol. The first-order valence-corrected chi connectivity index (χ1v) is 8.68. The number of H-pyrrole nitrogens is 2. The van der Waals surface area contributed by atoms with Crippen LogP contribution in [-0.4, -0.2) is 37.9 Å². The highest BCUT2D eigenvalue weighted by Crippen LogP contribution is 2.31. The number of nitrogens with one attached hydrogen (secondary N) is 2. The van der Waals surface area contributed by atoms with E-state index in [9.17, 15) is 23.5 Å². The highest BCUT2D eigenvalue weighted by Gasteiger charge is 2.19. The van der Waals surface area contributed by atoms with Crippen LogP contribution in [0.1, 0.15) is 12.5 Å². The number of carbonyl (C=O) groups is 1. The number of fused-ring (bicyclic) bond motifs is 2. The molecule has 0 spiro atoms. The minimum Gasteiger partial charge on any atom is -0.465 e. The summed E-state index contributed by atoms with van der Waals surface area (Å²) < 4.78 is 27.4. The van der Waals surface area contributed by atoms with Crippen molar-refractivity contribution in [1.29, 1.82) is 0 Å². The predicted molar refractivity (Wildman–Crippen MR) is 103 cm³/mol. The van der Waals surface area contributed by atoms with Gasteiger partial charge in [-0.3, -0.25) is 4.79 Å². The first-order chi connectivity index (χ1) is 13.8. The topological polar surface area (TPSA) is 115 Å². The lowest BCUT2D eigenvalue weighted by Gasteiger charge is -2.12. The van der Waals surface area contributed by atoms with Gasteiger partial charge in [-0.2, -0.15) is 5.10 Å². The summed E-state index contributed by atoms with van der Waals surface area (Å²) in [5.74, 6) is -2.05. The molecule has 0 bridgehead atoms. The molecule has 0 unspecified atom stereocenters. The number of aromatic amines is 2. The fourth-order valence-electron chi connectivity index (χ4n) is 3.30. The van der Waals surface area contributed by atoms with Crippen molar-refractivity contribution in [1.82, 2.24) is 20.2 Å². The van der Waals surface area contributed by atoms with Gasteiger partial charge in [0.05, 0.1) is 22.1 Å². The van der Waals surface area contributed by atoms with E-state index in [0.717, 1.165) is 17.0 Å². The second kappa shape index (κ2) is 6.66. The van der Waals surface area contributed by atoms with Crippen LogP contribution in [0.4, 0.5) is 19.5 Å². The van der Waals surface area contributed by atoms with Crippen LogP contribution in [0.25, 0.3) is 33.1 Å². The van der Waals surface area contributed by atoms with Crippen LogP contribution in [0, 0.1) is 18.6 Å². The molecule has 2 heterocycles. The molecule has 0 saturated carbocycles. The lowest BCUT2D eigenvalue weighted by molar-refractivity contribution is 0.202. The van der Waals surface area contributed by atoms with Crippen LogP contribution >= 0.6 is 0 Å². The van der Waals surface area contributed by atoms with Gasteiger partial charge in [0.1, 0.15) is 0 Å². The van der Waals surface area contributed by atoms with E-state index in [4.69, 9.17) is 0 Å². The van der Waals surface area contributed by atoms with E-state index in [1.165, 1.54) is 0 Å². The number of anilines is 1. The molecule has 10 heteroatoms. The van der Waals surface area contributed by atoms with Gasteiger partial charge in [-0.25, -0.2) is 28.6 Å². The van der Waals surface area contributed by atoms with Crippen molar-refractivity contribution < 1.29 is 18.7 Å². The van der Waals surface area contributed by atoms with Crippen molar-refractivity contribution in [3.63, 3.8) is 0 Å². The largest absolute Gasteiger partial charge is 0.465 e. The summed E-state index contributed by atoms with van der Waals surface area (Å²) in [7, 11) is 0. The number of halogens is 2. The van der Waals surface area contributed by atoms with Crippen LogP contribution in [0.5, 0.6) is 0 Å².